The summed E-state index contributed by atoms with van der Waals surface area (Å²) < 4.78 is 7.77. The molecule has 20 heavy (non-hydrogen) atoms. The normalized spacial score (nSPS) is 19.4. The van der Waals surface area contributed by atoms with Gasteiger partial charge in [0.05, 0.1) is 24.6 Å². The molecule has 0 saturated carbocycles. The topological polar surface area (TPSA) is 59.4 Å². The molecule has 1 aliphatic rings. The van der Waals surface area contributed by atoms with Crippen LogP contribution in [-0.4, -0.2) is 49.2 Å². The predicted molar refractivity (Wildman–Crippen MR) is 82.4 cm³/mol. The number of aromatic nitrogens is 2. The standard InChI is InChI=1S/C13H21BrN4O2/c1-3-4-18-13(19)12(14)11(8-16-18)17-5-6-20-10(9-17)7-15-2/h8,10,15H,3-7,9H2,1-2H3. The lowest BCUT2D eigenvalue weighted by Gasteiger charge is -2.34. The van der Waals surface area contributed by atoms with Crippen molar-refractivity contribution in [2.24, 2.45) is 0 Å². The fraction of sp³-hybridized carbons (Fsp3) is 0.692. The second-order valence-corrected chi connectivity index (χ2v) is 5.66. The molecular formula is C13H21BrN4O2. The third-order valence-electron chi connectivity index (χ3n) is 3.31. The minimum absolute atomic E-state index is 0.0685. The molecule has 0 aliphatic carbocycles. The summed E-state index contributed by atoms with van der Waals surface area (Å²) in [6.45, 7) is 5.67. The van der Waals surface area contributed by atoms with E-state index >= 15 is 0 Å². The van der Waals surface area contributed by atoms with Crippen molar-refractivity contribution in [3.05, 3.63) is 21.0 Å². The molecule has 0 bridgehead atoms. The van der Waals surface area contributed by atoms with Gasteiger partial charge < -0.3 is 15.0 Å². The number of halogens is 1. The van der Waals surface area contributed by atoms with Gasteiger partial charge in [-0.1, -0.05) is 6.92 Å². The highest BCUT2D eigenvalue weighted by atomic mass is 79.9. The maximum atomic E-state index is 12.2. The van der Waals surface area contributed by atoms with E-state index in [1.54, 1.807) is 6.20 Å². The molecule has 0 amide bonds. The van der Waals surface area contributed by atoms with Crippen molar-refractivity contribution in [1.29, 1.82) is 0 Å². The molecule has 112 valence electrons. The summed E-state index contributed by atoms with van der Waals surface area (Å²) in [6.07, 6.45) is 2.79. The molecule has 1 aromatic rings. The minimum Gasteiger partial charge on any atom is -0.373 e. The van der Waals surface area contributed by atoms with Crippen molar-refractivity contribution in [3.8, 4) is 0 Å². The van der Waals surface area contributed by atoms with E-state index in [2.05, 4.69) is 31.2 Å². The number of nitrogens with one attached hydrogen (secondary N) is 1. The summed E-state index contributed by atoms with van der Waals surface area (Å²) in [6, 6.07) is 0. The van der Waals surface area contributed by atoms with Gasteiger partial charge in [0.1, 0.15) is 4.47 Å². The van der Waals surface area contributed by atoms with Crippen LogP contribution in [0.2, 0.25) is 0 Å². The average molecular weight is 345 g/mol. The summed E-state index contributed by atoms with van der Waals surface area (Å²) in [5.74, 6) is 0. The molecule has 0 radical (unpaired) electrons. The van der Waals surface area contributed by atoms with Crippen LogP contribution in [0, 0.1) is 0 Å². The maximum Gasteiger partial charge on any atom is 0.283 e. The van der Waals surface area contributed by atoms with Gasteiger partial charge in [-0.05, 0) is 29.4 Å². The van der Waals surface area contributed by atoms with Gasteiger partial charge in [0.15, 0.2) is 0 Å². The summed E-state index contributed by atoms with van der Waals surface area (Å²) in [4.78, 5) is 14.4. The Labute approximate surface area is 127 Å². The second-order valence-electron chi connectivity index (χ2n) is 4.87. The molecule has 1 aromatic heterocycles. The summed E-state index contributed by atoms with van der Waals surface area (Å²) in [7, 11) is 1.91. The van der Waals surface area contributed by atoms with Gasteiger partial charge in [-0.3, -0.25) is 4.79 Å². The van der Waals surface area contributed by atoms with Gasteiger partial charge in [0.25, 0.3) is 5.56 Å². The molecule has 0 spiro atoms. The Morgan fingerprint density at radius 2 is 2.40 bits per heavy atom. The SMILES string of the molecule is CCCn1ncc(N2CCOC(CNC)C2)c(Br)c1=O. The number of hydrogen-bond acceptors (Lipinski definition) is 5. The number of anilines is 1. The smallest absolute Gasteiger partial charge is 0.283 e. The molecule has 1 saturated heterocycles. The molecule has 6 nitrogen and oxygen atoms in total. The number of aryl methyl sites for hydroxylation is 1. The number of hydrogen-bond donors (Lipinski definition) is 1. The zero-order valence-electron chi connectivity index (χ0n) is 11.9. The fourth-order valence-corrected chi connectivity index (χ4v) is 2.90. The molecular weight excluding hydrogens is 324 g/mol. The van der Waals surface area contributed by atoms with E-state index < -0.39 is 0 Å². The van der Waals surface area contributed by atoms with E-state index in [0.717, 1.165) is 31.7 Å². The van der Waals surface area contributed by atoms with Crippen molar-refractivity contribution < 1.29 is 4.74 Å². The van der Waals surface area contributed by atoms with E-state index in [0.29, 0.717) is 17.6 Å². The van der Waals surface area contributed by atoms with Crippen molar-refractivity contribution in [2.45, 2.75) is 26.0 Å². The van der Waals surface area contributed by atoms with E-state index in [4.69, 9.17) is 4.74 Å². The van der Waals surface area contributed by atoms with Crippen molar-refractivity contribution in [1.82, 2.24) is 15.1 Å². The number of nitrogens with zero attached hydrogens (tertiary/aromatic N) is 3. The Kier molecular flexibility index (Phi) is 5.56. The van der Waals surface area contributed by atoms with Crippen LogP contribution in [0.3, 0.4) is 0 Å². The Balaban J connectivity index is 2.20. The average Bonchev–Trinajstić information content (AvgIpc) is 2.45. The largest absolute Gasteiger partial charge is 0.373 e. The van der Waals surface area contributed by atoms with E-state index in [9.17, 15) is 4.79 Å². The first-order valence-corrected chi connectivity index (χ1v) is 7.73. The maximum absolute atomic E-state index is 12.2. The van der Waals surface area contributed by atoms with Crippen LogP contribution in [-0.2, 0) is 11.3 Å². The number of ether oxygens (including phenoxy) is 1. The van der Waals surface area contributed by atoms with Crippen LogP contribution in [0.1, 0.15) is 13.3 Å². The molecule has 1 unspecified atom stereocenters. The van der Waals surface area contributed by atoms with E-state index in [1.807, 2.05) is 14.0 Å². The monoisotopic (exact) mass is 344 g/mol. The van der Waals surface area contributed by atoms with Gasteiger partial charge in [-0.2, -0.15) is 5.10 Å². The highest BCUT2D eigenvalue weighted by Gasteiger charge is 2.23. The molecule has 1 aliphatic heterocycles. The Morgan fingerprint density at radius 3 is 3.10 bits per heavy atom. The third-order valence-corrected chi connectivity index (χ3v) is 4.06. The van der Waals surface area contributed by atoms with E-state index in [-0.39, 0.29) is 11.7 Å². The first-order chi connectivity index (χ1) is 9.67. The Hall–Kier alpha value is -0.920. The van der Waals surface area contributed by atoms with Gasteiger partial charge in [-0.25, -0.2) is 4.68 Å². The van der Waals surface area contributed by atoms with Crippen molar-refractivity contribution >= 4 is 21.6 Å². The summed E-state index contributed by atoms with van der Waals surface area (Å²) >= 11 is 3.42. The molecule has 0 aromatic carbocycles. The van der Waals surface area contributed by atoms with Crippen LogP contribution in [0.15, 0.2) is 15.5 Å². The predicted octanol–water partition coefficient (Wildman–Crippen LogP) is 0.840. The molecule has 2 rings (SSSR count). The zero-order valence-corrected chi connectivity index (χ0v) is 13.5. The van der Waals surface area contributed by atoms with Gasteiger partial charge in [0.2, 0.25) is 0 Å². The lowest BCUT2D eigenvalue weighted by molar-refractivity contribution is 0.0421. The second kappa shape index (κ2) is 7.19. The first kappa shape index (κ1) is 15.5. The van der Waals surface area contributed by atoms with Crippen molar-refractivity contribution in [3.63, 3.8) is 0 Å². The summed E-state index contributed by atoms with van der Waals surface area (Å²) in [5.41, 5.74) is 0.785. The molecule has 1 N–H and O–H groups in total. The quantitative estimate of drug-likeness (QED) is 0.857. The fourth-order valence-electron chi connectivity index (χ4n) is 2.34. The zero-order chi connectivity index (χ0) is 14.5. The van der Waals surface area contributed by atoms with Gasteiger partial charge in [-0.15, -0.1) is 0 Å². The van der Waals surface area contributed by atoms with Crippen LogP contribution in [0.25, 0.3) is 0 Å². The van der Waals surface area contributed by atoms with Crippen LogP contribution in [0.4, 0.5) is 5.69 Å². The molecule has 1 fully saturated rings. The minimum atomic E-state index is -0.0685. The lowest BCUT2D eigenvalue weighted by Crippen LogP contribution is -2.47. The molecule has 7 heteroatoms. The van der Waals surface area contributed by atoms with Crippen LogP contribution < -0.4 is 15.8 Å². The molecule has 2 heterocycles. The van der Waals surface area contributed by atoms with Crippen molar-refractivity contribution in [2.75, 3.05) is 38.2 Å². The number of rotatable bonds is 5. The highest BCUT2D eigenvalue weighted by molar-refractivity contribution is 9.10. The molecule has 1 atom stereocenters. The van der Waals surface area contributed by atoms with Crippen LogP contribution >= 0.6 is 15.9 Å². The lowest BCUT2D eigenvalue weighted by atomic mass is 10.2. The summed E-state index contributed by atoms with van der Waals surface area (Å²) in [5, 5.41) is 7.37. The Bertz CT molecular complexity index is 504. The Morgan fingerprint density at radius 1 is 1.60 bits per heavy atom. The van der Waals surface area contributed by atoms with Gasteiger partial charge >= 0.3 is 0 Å². The number of likely N-dealkylation sites (N-methyl/N-ethyl adjacent to an activating group) is 1. The van der Waals surface area contributed by atoms with E-state index in [1.165, 1.54) is 4.68 Å². The highest BCUT2D eigenvalue weighted by Crippen LogP contribution is 2.23. The van der Waals surface area contributed by atoms with Gasteiger partial charge in [0, 0.05) is 26.2 Å². The third kappa shape index (κ3) is 3.39. The number of morpholine rings is 1. The first-order valence-electron chi connectivity index (χ1n) is 6.94. The van der Waals surface area contributed by atoms with Crippen LogP contribution in [0.5, 0.6) is 0 Å².